The summed E-state index contributed by atoms with van der Waals surface area (Å²) in [6, 6.07) is 11.6. The van der Waals surface area contributed by atoms with Gasteiger partial charge in [0, 0.05) is 16.6 Å². The Morgan fingerprint density at radius 1 is 1.23 bits per heavy atom. The molecule has 0 radical (unpaired) electrons. The van der Waals surface area contributed by atoms with Crippen LogP contribution >= 0.6 is 11.8 Å². The van der Waals surface area contributed by atoms with Crippen LogP contribution in [-0.4, -0.2) is 18.0 Å². The van der Waals surface area contributed by atoms with Gasteiger partial charge in [-0.25, -0.2) is 4.39 Å². The Kier molecular flexibility index (Phi) is 4.20. The molecule has 3 rings (SSSR count). The normalized spacial score (nSPS) is 13.7. The molecule has 1 atom stereocenters. The van der Waals surface area contributed by atoms with E-state index in [1.54, 1.807) is 43.3 Å². The summed E-state index contributed by atoms with van der Waals surface area (Å²) in [7, 11) is 0. The number of ether oxygens (including phenoxy) is 2. The van der Waals surface area contributed by atoms with Crippen molar-refractivity contribution < 1.29 is 18.7 Å². The highest BCUT2D eigenvalue weighted by atomic mass is 32.2. The van der Waals surface area contributed by atoms with Crippen LogP contribution in [0.25, 0.3) is 0 Å². The first-order valence-electron chi connectivity index (χ1n) is 6.75. The van der Waals surface area contributed by atoms with E-state index in [0.29, 0.717) is 22.1 Å². The van der Waals surface area contributed by atoms with Gasteiger partial charge >= 0.3 is 0 Å². The van der Waals surface area contributed by atoms with Crippen LogP contribution in [0, 0.1) is 5.82 Å². The van der Waals surface area contributed by atoms with Crippen LogP contribution in [0.5, 0.6) is 11.5 Å². The Balaban J connectivity index is 1.65. The highest BCUT2D eigenvalue weighted by Gasteiger charge is 2.18. The van der Waals surface area contributed by atoms with E-state index in [4.69, 9.17) is 9.47 Å². The Morgan fingerprint density at radius 2 is 2.00 bits per heavy atom. The van der Waals surface area contributed by atoms with Gasteiger partial charge in [0.2, 0.25) is 12.7 Å². The minimum absolute atomic E-state index is 0.187. The van der Waals surface area contributed by atoms with Crippen molar-refractivity contribution in [3.8, 4) is 11.5 Å². The van der Waals surface area contributed by atoms with Gasteiger partial charge in [-0.05, 0) is 31.2 Å². The number of amides is 1. The number of hydrogen-bond donors (Lipinski definition) is 1. The molecule has 114 valence electrons. The molecule has 0 aromatic heterocycles. The SMILES string of the molecule is C[C@@H](Sc1ccccc1F)C(=O)Nc1ccc2c(c1)OCO2. The minimum Gasteiger partial charge on any atom is -0.454 e. The summed E-state index contributed by atoms with van der Waals surface area (Å²) < 4.78 is 24.1. The summed E-state index contributed by atoms with van der Waals surface area (Å²) in [5.41, 5.74) is 0.621. The van der Waals surface area contributed by atoms with Crippen molar-refractivity contribution in [3.05, 3.63) is 48.3 Å². The maximum Gasteiger partial charge on any atom is 0.237 e. The predicted octanol–water partition coefficient (Wildman–Crippen LogP) is 3.67. The molecule has 0 aliphatic carbocycles. The van der Waals surface area contributed by atoms with E-state index in [0.717, 1.165) is 0 Å². The molecule has 1 N–H and O–H groups in total. The van der Waals surface area contributed by atoms with Crippen LogP contribution in [-0.2, 0) is 4.79 Å². The quantitative estimate of drug-likeness (QED) is 0.874. The van der Waals surface area contributed by atoms with Crippen molar-refractivity contribution in [2.45, 2.75) is 17.1 Å². The molecule has 1 amide bonds. The van der Waals surface area contributed by atoms with Crippen LogP contribution in [0.15, 0.2) is 47.4 Å². The van der Waals surface area contributed by atoms with Gasteiger partial charge < -0.3 is 14.8 Å². The summed E-state index contributed by atoms with van der Waals surface area (Å²) in [6.45, 7) is 1.92. The van der Waals surface area contributed by atoms with Crippen LogP contribution in [0.3, 0.4) is 0 Å². The number of rotatable bonds is 4. The molecule has 0 spiro atoms. The van der Waals surface area contributed by atoms with Gasteiger partial charge in [0.05, 0.1) is 5.25 Å². The van der Waals surface area contributed by atoms with Crippen LogP contribution < -0.4 is 14.8 Å². The highest BCUT2D eigenvalue weighted by molar-refractivity contribution is 8.00. The highest BCUT2D eigenvalue weighted by Crippen LogP contribution is 2.34. The molecule has 0 saturated carbocycles. The van der Waals surface area contributed by atoms with Crippen molar-refractivity contribution in [3.63, 3.8) is 0 Å². The fraction of sp³-hybridized carbons (Fsp3) is 0.188. The smallest absolute Gasteiger partial charge is 0.237 e. The third-order valence-electron chi connectivity index (χ3n) is 3.15. The average Bonchev–Trinajstić information content (AvgIpc) is 2.97. The van der Waals surface area contributed by atoms with Gasteiger partial charge in [-0.3, -0.25) is 4.79 Å². The first-order chi connectivity index (χ1) is 10.6. The molecule has 1 heterocycles. The Labute approximate surface area is 131 Å². The van der Waals surface area contributed by atoms with Gasteiger partial charge in [0.25, 0.3) is 0 Å². The maximum absolute atomic E-state index is 13.6. The van der Waals surface area contributed by atoms with Crippen molar-refractivity contribution in [2.75, 3.05) is 12.1 Å². The molecular weight excluding hydrogens is 305 g/mol. The van der Waals surface area contributed by atoms with Crippen LogP contribution in [0.1, 0.15) is 6.92 Å². The Morgan fingerprint density at radius 3 is 2.82 bits per heavy atom. The number of halogens is 1. The zero-order valence-electron chi connectivity index (χ0n) is 11.8. The third kappa shape index (κ3) is 3.17. The molecule has 6 heteroatoms. The maximum atomic E-state index is 13.6. The monoisotopic (exact) mass is 319 g/mol. The number of carbonyl (C=O) groups excluding carboxylic acids is 1. The third-order valence-corrected chi connectivity index (χ3v) is 4.30. The van der Waals surface area contributed by atoms with E-state index < -0.39 is 5.25 Å². The summed E-state index contributed by atoms with van der Waals surface area (Å²) in [6.07, 6.45) is 0. The lowest BCUT2D eigenvalue weighted by atomic mass is 10.2. The fourth-order valence-corrected chi connectivity index (χ4v) is 2.89. The molecule has 4 nitrogen and oxygen atoms in total. The second-order valence-electron chi connectivity index (χ2n) is 4.75. The van der Waals surface area contributed by atoms with Crippen molar-refractivity contribution in [1.29, 1.82) is 0 Å². The molecule has 0 saturated heterocycles. The average molecular weight is 319 g/mol. The number of carbonyl (C=O) groups is 1. The molecule has 2 aromatic rings. The first kappa shape index (κ1) is 14.7. The van der Waals surface area contributed by atoms with Gasteiger partial charge in [-0.15, -0.1) is 11.8 Å². The topological polar surface area (TPSA) is 47.6 Å². The first-order valence-corrected chi connectivity index (χ1v) is 7.63. The summed E-state index contributed by atoms with van der Waals surface area (Å²) in [5, 5.41) is 2.36. The molecule has 1 aliphatic rings. The van der Waals surface area contributed by atoms with Gasteiger partial charge in [-0.1, -0.05) is 12.1 Å². The van der Waals surface area contributed by atoms with Crippen molar-refractivity contribution in [2.24, 2.45) is 0 Å². The van der Waals surface area contributed by atoms with Gasteiger partial charge in [-0.2, -0.15) is 0 Å². The van der Waals surface area contributed by atoms with Gasteiger partial charge in [0.15, 0.2) is 11.5 Å². The number of nitrogens with one attached hydrogen (secondary N) is 1. The second kappa shape index (κ2) is 6.27. The lowest BCUT2D eigenvalue weighted by Crippen LogP contribution is -2.22. The molecule has 1 aliphatic heterocycles. The number of benzene rings is 2. The van der Waals surface area contributed by atoms with Crippen LogP contribution in [0.2, 0.25) is 0 Å². The number of anilines is 1. The van der Waals surface area contributed by atoms with Crippen molar-refractivity contribution >= 4 is 23.4 Å². The number of hydrogen-bond acceptors (Lipinski definition) is 4. The molecule has 0 bridgehead atoms. The van der Waals surface area contributed by atoms with E-state index in [-0.39, 0.29) is 18.5 Å². The molecule has 0 unspecified atom stereocenters. The number of fused-ring (bicyclic) bond motifs is 1. The Hall–Kier alpha value is -2.21. The van der Waals surface area contributed by atoms with E-state index in [2.05, 4.69) is 5.32 Å². The summed E-state index contributed by atoms with van der Waals surface area (Å²) >= 11 is 1.18. The summed E-state index contributed by atoms with van der Waals surface area (Å²) in [4.78, 5) is 12.7. The summed E-state index contributed by atoms with van der Waals surface area (Å²) in [5.74, 6) is 0.737. The lowest BCUT2D eigenvalue weighted by Gasteiger charge is -2.12. The zero-order valence-corrected chi connectivity index (χ0v) is 12.7. The predicted molar refractivity (Wildman–Crippen MR) is 82.9 cm³/mol. The van der Waals surface area contributed by atoms with E-state index >= 15 is 0 Å². The zero-order chi connectivity index (χ0) is 15.5. The Bertz CT molecular complexity index is 708. The van der Waals surface area contributed by atoms with E-state index in [1.165, 1.54) is 17.8 Å². The van der Waals surface area contributed by atoms with Crippen LogP contribution in [0.4, 0.5) is 10.1 Å². The molecular formula is C16H14FNO3S. The second-order valence-corrected chi connectivity index (χ2v) is 6.13. The molecule has 0 fully saturated rings. The van der Waals surface area contributed by atoms with E-state index in [9.17, 15) is 9.18 Å². The lowest BCUT2D eigenvalue weighted by molar-refractivity contribution is -0.115. The largest absolute Gasteiger partial charge is 0.454 e. The minimum atomic E-state index is -0.428. The standard InChI is InChI=1S/C16H14FNO3S/c1-10(22-15-5-3-2-4-12(15)17)16(19)18-11-6-7-13-14(8-11)21-9-20-13/h2-8,10H,9H2,1H3,(H,18,19)/t10-/m1/s1. The number of thioether (sulfide) groups is 1. The fourth-order valence-electron chi connectivity index (χ4n) is 2.00. The molecule has 22 heavy (non-hydrogen) atoms. The van der Waals surface area contributed by atoms with E-state index in [1.807, 2.05) is 0 Å². The molecule has 2 aromatic carbocycles. The van der Waals surface area contributed by atoms with Gasteiger partial charge in [0.1, 0.15) is 5.82 Å². The van der Waals surface area contributed by atoms with Crippen molar-refractivity contribution in [1.82, 2.24) is 0 Å².